The third-order valence-electron chi connectivity index (χ3n) is 4.92. The highest BCUT2D eigenvalue weighted by atomic mass is 32.2. The van der Waals surface area contributed by atoms with Crippen molar-refractivity contribution < 1.29 is 14.4 Å². The molecule has 0 unspecified atom stereocenters. The Morgan fingerprint density at radius 3 is 2.39 bits per heavy atom. The van der Waals surface area contributed by atoms with Crippen LogP contribution in [0.3, 0.4) is 0 Å². The van der Waals surface area contributed by atoms with Crippen molar-refractivity contribution in [3.63, 3.8) is 0 Å². The van der Waals surface area contributed by atoms with Crippen molar-refractivity contribution in [2.45, 2.75) is 18.2 Å². The maximum atomic E-state index is 12.6. The third-order valence-corrected chi connectivity index (χ3v) is 7.08. The van der Waals surface area contributed by atoms with Gasteiger partial charge in [0, 0.05) is 22.5 Å². The van der Waals surface area contributed by atoms with Gasteiger partial charge in [-0.3, -0.25) is 14.4 Å². The zero-order chi connectivity index (χ0) is 23.4. The summed E-state index contributed by atoms with van der Waals surface area (Å²) in [6, 6.07) is 19.8. The zero-order valence-corrected chi connectivity index (χ0v) is 19.7. The molecule has 0 aliphatic carbocycles. The molecule has 0 spiro atoms. The average molecular weight is 476 g/mol. The maximum Gasteiger partial charge on any atom is 0.255 e. The molecule has 1 aromatic heterocycles. The number of Topliss-reactive ketones (excluding diaryl/α,β-unsaturated/α-hetero) is 1. The molecule has 0 saturated carbocycles. The SMILES string of the molecule is CC(=O)c1ccc(NC(=O)CSc2nc3ccc(NC(=O)c4ccccc4C)cc3s2)cc1. The fraction of sp³-hybridized carbons (Fsp3) is 0.120. The van der Waals surface area contributed by atoms with Crippen molar-refractivity contribution >= 4 is 62.3 Å². The summed E-state index contributed by atoms with van der Waals surface area (Å²) in [5.41, 5.74) is 4.32. The number of ketones is 1. The molecule has 4 aromatic rings. The first kappa shape index (κ1) is 22.7. The molecule has 2 N–H and O–H groups in total. The molecule has 0 saturated heterocycles. The van der Waals surface area contributed by atoms with Gasteiger partial charge in [0.2, 0.25) is 5.91 Å². The molecule has 33 heavy (non-hydrogen) atoms. The standard InChI is InChI=1S/C25H21N3O3S2/c1-15-5-3-4-6-20(15)24(31)27-19-11-12-21-22(13-19)33-25(28-21)32-14-23(30)26-18-9-7-17(8-10-18)16(2)29/h3-13H,14H2,1-2H3,(H,26,30)(H,27,31). The van der Waals surface area contributed by atoms with Crippen LogP contribution in [0.2, 0.25) is 0 Å². The second kappa shape index (κ2) is 9.97. The van der Waals surface area contributed by atoms with Crippen LogP contribution in [0, 0.1) is 6.92 Å². The number of carbonyl (C=O) groups is 3. The van der Waals surface area contributed by atoms with E-state index in [0.29, 0.717) is 22.5 Å². The molecule has 8 heteroatoms. The highest BCUT2D eigenvalue weighted by molar-refractivity contribution is 8.01. The molecule has 166 valence electrons. The van der Waals surface area contributed by atoms with E-state index in [1.807, 2.05) is 43.3 Å². The Bertz CT molecular complexity index is 1350. The van der Waals surface area contributed by atoms with Gasteiger partial charge in [0.15, 0.2) is 10.1 Å². The summed E-state index contributed by atoms with van der Waals surface area (Å²) in [7, 11) is 0. The number of rotatable bonds is 7. The first-order chi connectivity index (χ1) is 15.9. The van der Waals surface area contributed by atoms with E-state index in [1.54, 1.807) is 30.3 Å². The number of amides is 2. The Balaban J connectivity index is 1.37. The van der Waals surface area contributed by atoms with Crippen molar-refractivity contribution in [2.24, 2.45) is 0 Å². The number of hydrogen-bond acceptors (Lipinski definition) is 6. The third kappa shape index (κ3) is 5.66. The van der Waals surface area contributed by atoms with Crippen LogP contribution in [0.25, 0.3) is 10.2 Å². The molecular weight excluding hydrogens is 454 g/mol. The number of anilines is 2. The lowest BCUT2D eigenvalue weighted by atomic mass is 10.1. The molecule has 2 amide bonds. The lowest BCUT2D eigenvalue weighted by Crippen LogP contribution is -2.13. The molecule has 3 aromatic carbocycles. The van der Waals surface area contributed by atoms with Crippen molar-refractivity contribution in [1.82, 2.24) is 4.98 Å². The van der Waals surface area contributed by atoms with Crippen molar-refractivity contribution in [3.05, 3.63) is 83.4 Å². The minimum Gasteiger partial charge on any atom is -0.325 e. The lowest BCUT2D eigenvalue weighted by Gasteiger charge is -2.07. The van der Waals surface area contributed by atoms with Crippen LogP contribution in [0.1, 0.15) is 33.2 Å². The van der Waals surface area contributed by atoms with E-state index in [9.17, 15) is 14.4 Å². The summed E-state index contributed by atoms with van der Waals surface area (Å²) in [6.07, 6.45) is 0. The smallest absolute Gasteiger partial charge is 0.255 e. The Hall–Kier alpha value is -3.49. The molecule has 0 bridgehead atoms. The molecule has 4 rings (SSSR count). The Kier molecular flexibility index (Phi) is 6.86. The lowest BCUT2D eigenvalue weighted by molar-refractivity contribution is -0.113. The molecule has 0 radical (unpaired) electrons. The number of hydrogen-bond donors (Lipinski definition) is 2. The number of carbonyl (C=O) groups excluding carboxylic acids is 3. The summed E-state index contributed by atoms with van der Waals surface area (Å²) in [4.78, 5) is 40.8. The van der Waals surface area contributed by atoms with Gasteiger partial charge in [-0.05, 0) is 67.9 Å². The number of aromatic nitrogens is 1. The van der Waals surface area contributed by atoms with Gasteiger partial charge >= 0.3 is 0 Å². The molecule has 1 heterocycles. The van der Waals surface area contributed by atoms with Crippen LogP contribution in [-0.2, 0) is 4.79 Å². The number of benzene rings is 3. The quantitative estimate of drug-likeness (QED) is 0.261. The van der Waals surface area contributed by atoms with Gasteiger partial charge in [-0.2, -0.15) is 0 Å². The van der Waals surface area contributed by atoms with E-state index in [1.165, 1.54) is 30.0 Å². The molecular formula is C25H21N3O3S2. The summed E-state index contributed by atoms with van der Waals surface area (Å²) in [6.45, 7) is 3.41. The Morgan fingerprint density at radius 1 is 0.939 bits per heavy atom. The summed E-state index contributed by atoms with van der Waals surface area (Å²) in [5, 5.41) is 5.76. The summed E-state index contributed by atoms with van der Waals surface area (Å²) in [5.74, 6) is -0.108. The molecule has 0 fully saturated rings. The second-order valence-electron chi connectivity index (χ2n) is 7.40. The van der Waals surface area contributed by atoms with Crippen LogP contribution < -0.4 is 10.6 Å². The maximum absolute atomic E-state index is 12.6. The number of thiazole rings is 1. The van der Waals surface area contributed by atoms with E-state index in [-0.39, 0.29) is 23.4 Å². The van der Waals surface area contributed by atoms with E-state index < -0.39 is 0 Å². The molecule has 6 nitrogen and oxygen atoms in total. The van der Waals surface area contributed by atoms with Gasteiger partial charge in [0.1, 0.15) is 0 Å². The first-order valence-electron chi connectivity index (χ1n) is 10.2. The number of thioether (sulfide) groups is 1. The predicted molar refractivity (Wildman–Crippen MR) is 135 cm³/mol. The fourth-order valence-electron chi connectivity index (χ4n) is 3.18. The number of aryl methyl sites for hydroxylation is 1. The highest BCUT2D eigenvalue weighted by Crippen LogP contribution is 2.31. The number of fused-ring (bicyclic) bond motifs is 1. The van der Waals surface area contributed by atoms with Gasteiger partial charge in [-0.25, -0.2) is 4.98 Å². The predicted octanol–water partition coefficient (Wildman–Crippen LogP) is 5.79. The van der Waals surface area contributed by atoms with Crippen molar-refractivity contribution in [1.29, 1.82) is 0 Å². The van der Waals surface area contributed by atoms with Gasteiger partial charge in [0.05, 0.1) is 16.0 Å². The van der Waals surface area contributed by atoms with E-state index in [0.717, 1.165) is 20.1 Å². The van der Waals surface area contributed by atoms with Crippen LogP contribution in [0.4, 0.5) is 11.4 Å². The van der Waals surface area contributed by atoms with E-state index in [4.69, 9.17) is 0 Å². The van der Waals surface area contributed by atoms with Crippen LogP contribution >= 0.6 is 23.1 Å². The minimum absolute atomic E-state index is 0.0165. The van der Waals surface area contributed by atoms with Gasteiger partial charge in [-0.15, -0.1) is 11.3 Å². The normalized spacial score (nSPS) is 10.7. The molecule has 0 atom stereocenters. The second-order valence-corrected chi connectivity index (χ2v) is 9.65. The van der Waals surface area contributed by atoms with Gasteiger partial charge in [-0.1, -0.05) is 30.0 Å². The van der Waals surface area contributed by atoms with Gasteiger partial charge < -0.3 is 10.6 Å². The van der Waals surface area contributed by atoms with Crippen LogP contribution in [0.15, 0.2) is 71.1 Å². The topological polar surface area (TPSA) is 88.2 Å². The summed E-state index contributed by atoms with van der Waals surface area (Å²) >= 11 is 2.83. The Morgan fingerprint density at radius 2 is 1.67 bits per heavy atom. The highest BCUT2D eigenvalue weighted by Gasteiger charge is 2.12. The fourth-order valence-corrected chi connectivity index (χ4v) is 5.09. The monoisotopic (exact) mass is 475 g/mol. The number of nitrogens with zero attached hydrogens (tertiary/aromatic N) is 1. The van der Waals surface area contributed by atoms with Crippen molar-refractivity contribution in [3.8, 4) is 0 Å². The average Bonchev–Trinajstić information content (AvgIpc) is 3.20. The summed E-state index contributed by atoms with van der Waals surface area (Å²) < 4.78 is 1.70. The molecule has 0 aliphatic rings. The van der Waals surface area contributed by atoms with Gasteiger partial charge in [0.25, 0.3) is 5.91 Å². The molecule has 0 aliphatic heterocycles. The van der Waals surface area contributed by atoms with Crippen molar-refractivity contribution in [2.75, 3.05) is 16.4 Å². The van der Waals surface area contributed by atoms with E-state index >= 15 is 0 Å². The zero-order valence-electron chi connectivity index (χ0n) is 18.0. The van der Waals surface area contributed by atoms with Crippen LogP contribution in [0.5, 0.6) is 0 Å². The largest absolute Gasteiger partial charge is 0.325 e. The van der Waals surface area contributed by atoms with E-state index in [2.05, 4.69) is 15.6 Å². The number of nitrogens with one attached hydrogen (secondary N) is 2. The first-order valence-corrected chi connectivity index (χ1v) is 12.0. The Labute approximate surface area is 199 Å². The van der Waals surface area contributed by atoms with Crippen LogP contribution in [-0.4, -0.2) is 28.3 Å². The minimum atomic E-state index is -0.153.